The molecule has 0 heterocycles. The van der Waals surface area contributed by atoms with Gasteiger partial charge in [0, 0.05) is 6.04 Å². The van der Waals surface area contributed by atoms with E-state index in [9.17, 15) is 13.2 Å². The number of hydrogen-bond acceptors (Lipinski definition) is 6. The molecule has 0 saturated heterocycles. The Kier molecular flexibility index (Phi) is 7.47. The molecule has 9 heteroatoms. The number of hydrogen-bond donors (Lipinski definition) is 2. The van der Waals surface area contributed by atoms with Crippen LogP contribution in [0.2, 0.25) is 0 Å². The van der Waals surface area contributed by atoms with Crippen molar-refractivity contribution in [3.8, 4) is 5.75 Å². The average Bonchev–Trinajstić information content (AvgIpc) is 2.99. The van der Waals surface area contributed by atoms with Crippen molar-refractivity contribution in [3.63, 3.8) is 0 Å². The van der Waals surface area contributed by atoms with Gasteiger partial charge in [0.15, 0.2) is 0 Å². The standard InChI is InChI=1S/C15H22N2O5S.ClH/c1-21-13-8-10(15(18)22-2)6-7-14(13)23(19,20)17-12-5-3-4-11(12)9-16;/h6-8,11-12,17H,3-5,9,16H2,1-2H3;1H. The van der Waals surface area contributed by atoms with Gasteiger partial charge in [0.05, 0.1) is 19.8 Å². The molecule has 3 N–H and O–H groups in total. The van der Waals surface area contributed by atoms with Crippen LogP contribution in [0, 0.1) is 5.92 Å². The zero-order chi connectivity index (χ0) is 17.0. The smallest absolute Gasteiger partial charge is 0.337 e. The number of carbonyl (C=O) groups is 1. The number of rotatable bonds is 6. The first-order valence-corrected chi connectivity index (χ1v) is 8.90. The topological polar surface area (TPSA) is 108 Å². The van der Waals surface area contributed by atoms with E-state index < -0.39 is 16.0 Å². The summed E-state index contributed by atoms with van der Waals surface area (Å²) in [7, 11) is -1.15. The monoisotopic (exact) mass is 378 g/mol. The highest BCUT2D eigenvalue weighted by Crippen LogP contribution is 2.29. The second-order valence-electron chi connectivity index (χ2n) is 5.51. The molecule has 24 heavy (non-hydrogen) atoms. The molecule has 0 amide bonds. The number of halogens is 1. The summed E-state index contributed by atoms with van der Waals surface area (Å²) in [4.78, 5) is 11.5. The highest BCUT2D eigenvalue weighted by atomic mass is 35.5. The Morgan fingerprint density at radius 2 is 2.04 bits per heavy atom. The molecule has 0 bridgehead atoms. The maximum Gasteiger partial charge on any atom is 0.337 e. The molecule has 1 aromatic rings. The predicted molar refractivity (Wildman–Crippen MR) is 92.1 cm³/mol. The molecule has 1 aliphatic carbocycles. The fourth-order valence-electron chi connectivity index (χ4n) is 2.87. The van der Waals surface area contributed by atoms with E-state index in [4.69, 9.17) is 10.5 Å². The van der Waals surface area contributed by atoms with Crippen LogP contribution in [0.1, 0.15) is 29.6 Å². The van der Waals surface area contributed by atoms with Crippen LogP contribution in [-0.2, 0) is 14.8 Å². The van der Waals surface area contributed by atoms with Crippen molar-refractivity contribution in [2.45, 2.75) is 30.2 Å². The first kappa shape index (κ1) is 20.7. The fourth-order valence-corrected chi connectivity index (χ4v) is 4.36. The summed E-state index contributed by atoms with van der Waals surface area (Å²) in [5.41, 5.74) is 5.92. The van der Waals surface area contributed by atoms with E-state index in [0.717, 1.165) is 19.3 Å². The van der Waals surface area contributed by atoms with Crippen molar-refractivity contribution >= 4 is 28.4 Å². The van der Waals surface area contributed by atoms with Gasteiger partial charge in [0.2, 0.25) is 10.0 Å². The van der Waals surface area contributed by atoms with Crippen molar-refractivity contribution in [1.82, 2.24) is 4.72 Å². The highest BCUT2D eigenvalue weighted by Gasteiger charge is 2.31. The van der Waals surface area contributed by atoms with Gasteiger partial charge in [-0.05, 0) is 43.5 Å². The largest absolute Gasteiger partial charge is 0.495 e. The van der Waals surface area contributed by atoms with E-state index in [-0.39, 0.29) is 40.6 Å². The molecule has 1 aromatic carbocycles. The highest BCUT2D eigenvalue weighted by molar-refractivity contribution is 7.89. The second kappa shape index (κ2) is 8.66. The molecule has 0 aliphatic heterocycles. The van der Waals surface area contributed by atoms with Crippen molar-refractivity contribution in [2.75, 3.05) is 20.8 Å². The Bertz CT molecular complexity index is 680. The summed E-state index contributed by atoms with van der Waals surface area (Å²) in [5, 5.41) is 0. The van der Waals surface area contributed by atoms with Crippen molar-refractivity contribution < 1.29 is 22.7 Å². The van der Waals surface area contributed by atoms with Crippen molar-refractivity contribution in [2.24, 2.45) is 11.7 Å². The third-order valence-electron chi connectivity index (χ3n) is 4.14. The van der Waals surface area contributed by atoms with Gasteiger partial charge in [-0.3, -0.25) is 0 Å². The van der Waals surface area contributed by atoms with Crippen LogP contribution >= 0.6 is 12.4 Å². The van der Waals surface area contributed by atoms with E-state index in [2.05, 4.69) is 9.46 Å². The Balaban J connectivity index is 0.00000288. The third kappa shape index (κ3) is 4.38. The number of nitrogens with one attached hydrogen (secondary N) is 1. The summed E-state index contributed by atoms with van der Waals surface area (Å²) in [6.45, 7) is 0.450. The van der Waals surface area contributed by atoms with Gasteiger partial charge in [0.25, 0.3) is 0 Å². The number of methoxy groups -OCH3 is 2. The molecular formula is C15H23ClN2O5S. The van der Waals surface area contributed by atoms with Gasteiger partial charge < -0.3 is 15.2 Å². The summed E-state index contributed by atoms with van der Waals surface area (Å²) in [6, 6.07) is 3.93. The lowest BCUT2D eigenvalue weighted by atomic mass is 10.1. The Labute approximate surface area is 148 Å². The Morgan fingerprint density at radius 1 is 1.33 bits per heavy atom. The van der Waals surface area contributed by atoms with Crippen LogP contribution in [0.5, 0.6) is 5.75 Å². The molecule has 136 valence electrons. The molecule has 2 atom stereocenters. The number of carbonyl (C=O) groups excluding carboxylic acids is 1. The van der Waals surface area contributed by atoms with Crippen molar-refractivity contribution in [1.29, 1.82) is 0 Å². The van der Waals surface area contributed by atoms with E-state index >= 15 is 0 Å². The minimum Gasteiger partial charge on any atom is -0.495 e. The van der Waals surface area contributed by atoms with E-state index in [0.29, 0.717) is 6.54 Å². The zero-order valence-electron chi connectivity index (χ0n) is 13.7. The molecule has 2 rings (SSSR count). The van der Waals surface area contributed by atoms with Gasteiger partial charge in [-0.1, -0.05) is 6.42 Å². The molecular weight excluding hydrogens is 356 g/mol. The van der Waals surface area contributed by atoms with Crippen LogP contribution in [0.3, 0.4) is 0 Å². The van der Waals surface area contributed by atoms with E-state index in [1.54, 1.807) is 0 Å². The molecule has 1 fully saturated rings. The number of benzene rings is 1. The van der Waals surface area contributed by atoms with Gasteiger partial charge in [-0.15, -0.1) is 12.4 Å². The molecule has 0 radical (unpaired) electrons. The van der Waals surface area contributed by atoms with Crippen molar-refractivity contribution in [3.05, 3.63) is 23.8 Å². The lowest BCUT2D eigenvalue weighted by Gasteiger charge is -2.20. The summed E-state index contributed by atoms with van der Waals surface area (Å²) in [6.07, 6.45) is 2.64. The molecule has 0 spiro atoms. The normalized spacial score (nSPS) is 20.3. The number of esters is 1. The van der Waals surface area contributed by atoms with Crippen LogP contribution < -0.4 is 15.2 Å². The quantitative estimate of drug-likeness (QED) is 0.722. The number of ether oxygens (including phenoxy) is 2. The first-order chi connectivity index (χ1) is 10.9. The number of nitrogens with two attached hydrogens (primary N) is 1. The predicted octanol–water partition coefficient (Wildman–Crippen LogP) is 1.31. The van der Waals surface area contributed by atoms with Crippen LogP contribution in [0.25, 0.3) is 0 Å². The minimum atomic E-state index is -3.76. The Hall–Kier alpha value is -1.35. The minimum absolute atomic E-state index is 0. The fraction of sp³-hybridized carbons (Fsp3) is 0.533. The van der Waals surface area contributed by atoms with Gasteiger partial charge in [-0.2, -0.15) is 0 Å². The summed E-state index contributed by atoms with van der Waals surface area (Å²) < 4.78 is 37.7. The maximum atomic E-state index is 12.6. The molecule has 0 aromatic heterocycles. The van der Waals surface area contributed by atoms with Crippen LogP contribution in [0.15, 0.2) is 23.1 Å². The first-order valence-electron chi connectivity index (χ1n) is 7.41. The van der Waals surface area contributed by atoms with Gasteiger partial charge in [-0.25, -0.2) is 17.9 Å². The van der Waals surface area contributed by atoms with E-state index in [1.807, 2.05) is 0 Å². The van der Waals surface area contributed by atoms with Crippen LogP contribution in [-0.4, -0.2) is 41.2 Å². The van der Waals surface area contributed by atoms with Gasteiger partial charge >= 0.3 is 5.97 Å². The molecule has 7 nitrogen and oxygen atoms in total. The molecule has 2 unspecified atom stereocenters. The average molecular weight is 379 g/mol. The summed E-state index contributed by atoms with van der Waals surface area (Å²) in [5.74, 6) is -0.313. The number of sulfonamides is 1. The summed E-state index contributed by atoms with van der Waals surface area (Å²) >= 11 is 0. The SMILES string of the molecule is COC(=O)c1ccc(S(=O)(=O)NC2CCCC2CN)c(OC)c1.Cl. The third-order valence-corrected chi connectivity index (χ3v) is 5.67. The molecule has 1 saturated carbocycles. The van der Waals surface area contributed by atoms with Crippen LogP contribution in [0.4, 0.5) is 0 Å². The second-order valence-corrected chi connectivity index (χ2v) is 7.19. The lowest BCUT2D eigenvalue weighted by Crippen LogP contribution is -2.39. The molecule has 1 aliphatic rings. The Morgan fingerprint density at radius 3 is 2.62 bits per heavy atom. The lowest BCUT2D eigenvalue weighted by molar-refractivity contribution is 0.0600. The zero-order valence-corrected chi connectivity index (χ0v) is 15.3. The van der Waals surface area contributed by atoms with Gasteiger partial charge in [0.1, 0.15) is 10.6 Å². The maximum absolute atomic E-state index is 12.6. The van der Waals surface area contributed by atoms with E-state index in [1.165, 1.54) is 32.4 Å².